The number of rotatable bonds is 5. The van der Waals surface area contributed by atoms with Gasteiger partial charge >= 0.3 is 6.09 Å². The SMILES string of the molecule is O=C1NC[C@]2(CCCN(C(=O)CCCc3nc(-c4cccnc4)no3)C2)O1. The summed E-state index contributed by atoms with van der Waals surface area (Å²) in [6.45, 7) is 1.62. The number of aryl methyl sites for hydroxylation is 1. The predicted octanol–water partition coefficient (Wildman–Crippen LogP) is 1.56. The minimum atomic E-state index is -0.559. The quantitative estimate of drug-likeness (QED) is 0.849. The Kier molecular flexibility index (Phi) is 4.74. The molecular formula is C18H21N5O4. The van der Waals surface area contributed by atoms with E-state index >= 15 is 0 Å². The van der Waals surface area contributed by atoms with Crippen molar-refractivity contribution in [1.82, 2.24) is 25.3 Å². The first kappa shape index (κ1) is 17.4. The summed E-state index contributed by atoms with van der Waals surface area (Å²) in [5, 5.41) is 6.64. The van der Waals surface area contributed by atoms with E-state index in [1.807, 2.05) is 12.1 Å². The Morgan fingerprint density at radius 1 is 1.41 bits per heavy atom. The molecule has 0 saturated carbocycles. The van der Waals surface area contributed by atoms with Gasteiger partial charge in [0.25, 0.3) is 0 Å². The van der Waals surface area contributed by atoms with Gasteiger partial charge in [0.05, 0.1) is 13.1 Å². The molecule has 1 atom stereocenters. The third kappa shape index (κ3) is 3.91. The Hall–Kier alpha value is -2.97. The topological polar surface area (TPSA) is 110 Å². The van der Waals surface area contributed by atoms with Gasteiger partial charge in [-0.25, -0.2) is 4.79 Å². The second-order valence-corrected chi connectivity index (χ2v) is 6.95. The molecule has 2 aromatic rings. The Labute approximate surface area is 156 Å². The summed E-state index contributed by atoms with van der Waals surface area (Å²) in [5.74, 6) is 1.06. The highest BCUT2D eigenvalue weighted by atomic mass is 16.6. The molecule has 0 radical (unpaired) electrons. The van der Waals surface area contributed by atoms with Crippen LogP contribution in [0.25, 0.3) is 11.4 Å². The van der Waals surface area contributed by atoms with Crippen LogP contribution in [0.4, 0.5) is 4.79 Å². The number of nitrogens with zero attached hydrogens (tertiary/aromatic N) is 4. The van der Waals surface area contributed by atoms with Crippen molar-refractivity contribution < 1.29 is 18.8 Å². The van der Waals surface area contributed by atoms with Gasteiger partial charge in [-0.05, 0) is 31.4 Å². The number of pyridine rings is 1. The number of alkyl carbamates (subject to hydrolysis) is 1. The summed E-state index contributed by atoms with van der Waals surface area (Å²) in [6, 6.07) is 3.68. The number of likely N-dealkylation sites (tertiary alicyclic amines) is 1. The summed E-state index contributed by atoms with van der Waals surface area (Å²) < 4.78 is 10.7. The van der Waals surface area contributed by atoms with Gasteiger partial charge in [-0.15, -0.1) is 0 Å². The number of nitrogens with one attached hydrogen (secondary N) is 1. The Morgan fingerprint density at radius 2 is 2.33 bits per heavy atom. The van der Waals surface area contributed by atoms with Crippen molar-refractivity contribution in [3.8, 4) is 11.4 Å². The van der Waals surface area contributed by atoms with E-state index in [2.05, 4.69) is 20.4 Å². The van der Waals surface area contributed by atoms with E-state index < -0.39 is 11.7 Å². The lowest BCUT2D eigenvalue weighted by molar-refractivity contribution is -0.136. The van der Waals surface area contributed by atoms with Crippen LogP contribution in [-0.2, 0) is 16.0 Å². The van der Waals surface area contributed by atoms with Crippen LogP contribution in [0, 0.1) is 0 Å². The molecule has 2 aliphatic heterocycles. The van der Waals surface area contributed by atoms with Crippen LogP contribution in [0.15, 0.2) is 29.0 Å². The number of hydrogen-bond acceptors (Lipinski definition) is 7. The van der Waals surface area contributed by atoms with E-state index in [1.54, 1.807) is 17.3 Å². The van der Waals surface area contributed by atoms with Gasteiger partial charge in [0.15, 0.2) is 0 Å². The number of ether oxygens (including phenoxy) is 1. The average Bonchev–Trinajstić information content (AvgIpc) is 3.29. The molecule has 142 valence electrons. The normalized spacial score (nSPS) is 21.9. The summed E-state index contributed by atoms with van der Waals surface area (Å²) >= 11 is 0. The highest BCUT2D eigenvalue weighted by Gasteiger charge is 2.44. The van der Waals surface area contributed by atoms with E-state index in [9.17, 15) is 9.59 Å². The molecule has 27 heavy (non-hydrogen) atoms. The van der Waals surface area contributed by atoms with Crippen LogP contribution in [0.2, 0.25) is 0 Å². The molecule has 9 nitrogen and oxygen atoms in total. The summed E-state index contributed by atoms with van der Waals surface area (Å²) in [7, 11) is 0. The largest absolute Gasteiger partial charge is 0.439 e. The molecule has 0 aromatic carbocycles. The van der Waals surface area contributed by atoms with Crippen LogP contribution < -0.4 is 5.32 Å². The Bertz CT molecular complexity index is 824. The molecule has 4 heterocycles. The second-order valence-electron chi connectivity index (χ2n) is 6.95. The van der Waals surface area contributed by atoms with Gasteiger partial charge in [-0.2, -0.15) is 4.98 Å². The lowest BCUT2D eigenvalue weighted by Gasteiger charge is -2.38. The maximum atomic E-state index is 12.5. The van der Waals surface area contributed by atoms with Crippen molar-refractivity contribution in [1.29, 1.82) is 0 Å². The number of hydrogen-bond donors (Lipinski definition) is 1. The molecule has 1 N–H and O–H groups in total. The lowest BCUT2D eigenvalue weighted by Crippen LogP contribution is -2.52. The fraction of sp³-hybridized carbons (Fsp3) is 0.500. The zero-order chi connectivity index (χ0) is 18.7. The van der Waals surface area contributed by atoms with E-state index in [4.69, 9.17) is 9.26 Å². The molecule has 2 aromatic heterocycles. The maximum absolute atomic E-state index is 12.5. The fourth-order valence-electron chi connectivity index (χ4n) is 3.56. The molecular weight excluding hydrogens is 350 g/mol. The van der Waals surface area contributed by atoms with Crippen molar-refractivity contribution in [3.05, 3.63) is 30.4 Å². The van der Waals surface area contributed by atoms with Gasteiger partial charge in [0, 0.05) is 37.3 Å². The summed E-state index contributed by atoms with van der Waals surface area (Å²) in [5.41, 5.74) is 0.234. The molecule has 0 bridgehead atoms. The molecule has 1 spiro atoms. The number of amides is 2. The van der Waals surface area contributed by atoms with Gasteiger partial charge in [0.2, 0.25) is 17.6 Å². The van der Waals surface area contributed by atoms with Crippen molar-refractivity contribution in [2.75, 3.05) is 19.6 Å². The number of carbonyl (C=O) groups is 2. The van der Waals surface area contributed by atoms with Crippen molar-refractivity contribution in [2.24, 2.45) is 0 Å². The van der Waals surface area contributed by atoms with Gasteiger partial charge < -0.3 is 19.5 Å². The van der Waals surface area contributed by atoms with Crippen LogP contribution in [0.3, 0.4) is 0 Å². The molecule has 4 rings (SSSR count). The smallest absolute Gasteiger partial charge is 0.407 e. The molecule has 0 unspecified atom stereocenters. The van der Waals surface area contributed by atoms with Crippen LogP contribution >= 0.6 is 0 Å². The highest BCUT2D eigenvalue weighted by Crippen LogP contribution is 2.28. The highest BCUT2D eigenvalue weighted by molar-refractivity contribution is 5.77. The second kappa shape index (κ2) is 7.34. The van der Waals surface area contributed by atoms with Crippen LogP contribution in [-0.4, -0.2) is 57.3 Å². The molecule has 2 amide bonds. The molecule has 9 heteroatoms. The third-order valence-electron chi connectivity index (χ3n) is 4.93. The predicted molar refractivity (Wildman–Crippen MR) is 93.5 cm³/mol. The first-order chi connectivity index (χ1) is 13.1. The van der Waals surface area contributed by atoms with E-state index in [0.29, 0.717) is 50.6 Å². The fourth-order valence-corrected chi connectivity index (χ4v) is 3.56. The van der Waals surface area contributed by atoms with Gasteiger partial charge in [-0.3, -0.25) is 9.78 Å². The summed E-state index contributed by atoms with van der Waals surface area (Å²) in [6.07, 6.45) is 6.13. The van der Waals surface area contributed by atoms with E-state index in [0.717, 1.165) is 18.4 Å². The lowest BCUT2D eigenvalue weighted by atomic mass is 9.93. The molecule has 2 fully saturated rings. The number of carbonyl (C=O) groups excluding carboxylic acids is 2. The molecule has 2 saturated heterocycles. The standard InChI is InChI=1S/C18H21N5O4/c24-15(23-9-3-7-18(12-23)11-20-17(25)26-18)6-1-5-14-21-16(22-27-14)13-4-2-8-19-10-13/h2,4,8,10H,1,3,5-7,9,11-12H2,(H,20,25)/t18-/m0/s1. The number of aromatic nitrogens is 3. The van der Waals surface area contributed by atoms with Gasteiger partial charge in [0.1, 0.15) is 5.60 Å². The van der Waals surface area contributed by atoms with Crippen molar-refractivity contribution >= 4 is 12.0 Å². The monoisotopic (exact) mass is 371 g/mol. The molecule has 0 aliphatic carbocycles. The van der Waals surface area contributed by atoms with Crippen LogP contribution in [0.5, 0.6) is 0 Å². The molecule has 2 aliphatic rings. The minimum Gasteiger partial charge on any atom is -0.439 e. The van der Waals surface area contributed by atoms with Gasteiger partial charge in [-0.1, -0.05) is 5.16 Å². The third-order valence-corrected chi connectivity index (χ3v) is 4.93. The minimum absolute atomic E-state index is 0.0593. The maximum Gasteiger partial charge on any atom is 0.407 e. The van der Waals surface area contributed by atoms with E-state index in [1.165, 1.54) is 0 Å². The average molecular weight is 371 g/mol. The van der Waals surface area contributed by atoms with E-state index in [-0.39, 0.29) is 5.91 Å². The first-order valence-corrected chi connectivity index (χ1v) is 9.11. The van der Waals surface area contributed by atoms with Crippen molar-refractivity contribution in [3.63, 3.8) is 0 Å². The zero-order valence-corrected chi connectivity index (χ0v) is 14.9. The van der Waals surface area contributed by atoms with Crippen LogP contribution in [0.1, 0.15) is 31.6 Å². The van der Waals surface area contributed by atoms with Crippen molar-refractivity contribution in [2.45, 2.75) is 37.7 Å². The Balaban J connectivity index is 1.27. The Morgan fingerprint density at radius 3 is 3.11 bits per heavy atom. The zero-order valence-electron chi connectivity index (χ0n) is 14.9. The summed E-state index contributed by atoms with van der Waals surface area (Å²) in [4.78, 5) is 34.1. The first-order valence-electron chi connectivity index (χ1n) is 9.11. The number of piperidine rings is 1.